The van der Waals surface area contributed by atoms with Gasteiger partial charge in [-0.05, 0) is 59.8 Å². The maximum atomic E-state index is 6.41. The lowest BCUT2D eigenvalue weighted by molar-refractivity contribution is 0.0824. The van der Waals surface area contributed by atoms with Crippen LogP contribution in [0.15, 0.2) is 15.9 Å². The van der Waals surface area contributed by atoms with Gasteiger partial charge in [-0.25, -0.2) is 0 Å². The minimum Gasteiger partial charge on any atom is -0.326 e. The van der Waals surface area contributed by atoms with Gasteiger partial charge in [-0.15, -0.1) is 11.3 Å². The standard InChI is InChI=1S/C15H25BrN2S/c1-4-12(17)14(13-9-11(16)10-19-13)18-7-5-15(2,3)6-8-18/h9-10,12,14H,4-8,17H2,1-3H3. The third-order valence-corrected chi connectivity index (χ3v) is 6.07. The summed E-state index contributed by atoms with van der Waals surface area (Å²) in [5.41, 5.74) is 6.90. The molecule has 2 N–H and O–H groups in total. The number of nitrogens with zero attached hydrogens (tertiary/aromatic N) is 1. The van der Waals surface area contributed by atoms with Crippen LogP contribution in [-0.2, 0) is 0 Å². The quantitative estimate of drug-likeness (QED) is 0.876. The summed E-state index contributed by atoms with van der Waals surface area (Å²) < 4.78 is 1.18. The molecule has 0 spiro atoms. The van der Waals surface area contributed by atoms with Crippen LogP contribution in [0.1, 0.15) is 51.0 Å². The van der Waals surface area contributed by atoms with E-state index in [2.05, 4.69) is 53.0 Å². The molecule has 1 aromatic heterocycles. The monoisotopic (exact) mass is 344 g/mol. The molecule has 1 fully saturated rings. The predicted octanol–water partition coefficient (Wildman–Crippen LogP) is 4.41. The molecule has 2 heterocycles. The molecule has 2 unspecified atom stereocenters. The summed E-state index contributed by atoms with van der Waals surface area (Å²) in [6.45, 7) is 9.28. The van der Waals surface area contributed by atoms with Crippen molar-refractivity contribution in [2.75, 3.05) is 13.1 Å². The molecule has 0 aromatic carbocycles. The summed E-state index contributed by atoms with van der Waals surface area (Å²) in [4.78, 5) is 4.00. The van der Waals surface area contributed by atoms with Crippen LogP contribution in [0, 0.1) is 5.41 Å². The molecule has 108 valence electrons. The third kappa shape index (κ3) is 3.81. The van der Waals surface area contributed by atoms with Gasteiger partial charge in [0.1, 0.15) is 0 Å². The first-order chi connectivity index (χ1) is 8.93. The molecular weight excluding hydrogens is 320 g/mol. The van der Waals surface area contributed by atoms with E-state index in [-0.39, 0.29) is 6.04 Å². The Morgan fingerprint density at radius 3 is 2.53 bits per heavy atom. The molecule has 1 aromatic rings. The zero-order valence-corrected chi connectivity index (χ0v) is 14.6. The number of hydrogen-bond donors (Lipinski definition) is 1. The fraction of sp³-hybridized carbons (Fsp3) is 0.733. The van der Waals surface area contributed by atoms with Crippen molar-refractivity contribution in [2.24, 2.45) is 11.1 Å². The van der Waals surface area contributed by atoms with E-state index in [1.54, 1.807) is 0 Å². The first kappa shape index (κ1) is 15.5. The van der Waals surface area contributed by atoms with Gasteiger partial charge in [-0.3, -0.25) is 4.90 Å². The van der Waals surface area contributed by atoms with E-state index in [9.17, 15) is 0 Å². The Hall–Kier alpha value is 0.1000. The maximum Gasteiger partial charge on any atom is 0.0593 e. The minimum atomic E-state index is 0.228. The minimum absolute atomic E-state index is 0.228. The summed E-state index contributed by atoms with van der Waals surface area (Å²) in [6, 6.07) is 2.86. The second kappa shape index (κ2) is 6.25. The molecule has 1 saturated heterocycles. The van der Waals surface area contributed by atoms with Crippen molar-refractivity contribution in [3.63, 3.8) is 0 Å². The number of likely N-dealkylation sites (tertiary alicyclic amines) is 1. The van der Waals surface area contributed by atoms with Crippen molar-refractivity contribution in [1.29, 1.82) is 0 Å². The Kier molecular flexibility index (Phi) is 5.09. The molecule has 1 aliphatic heterocycles. The van der Waals surface area contributed by atoms with Crippen molar-refractivity contribution in [2.45, 2.75) is 52.1 Å². The molecule has 2 atom stereocenters. The molecular formula is C15H25BrN2S. The highest BCUT2D eigenvalue weighted by Gasteiger charge is 2.33. The van der Waals surface area contributed by atoms with Crippen LogP contribution in [-0.4, -0.2) is 24.0 Å². The zero-order chi connectivity index (χ0) is 14.0. The second-order valence-electron chi connectivity index (χ2n) is 6.38. The van der Waals surface area contributed by atoms with Crippen molar-refractivity contribution in [3.8, 4) is 0 Å². The molecule has 4 heteroatoms. The first-order valence-electron chi connectivity index (χ1n) is 7.16. The average Bonchev–Trinajstić information content (AvgIpc) is 2.78. The van der Waals surface area contributed by atoms with E-state index in [4.69, 9.17) is 5.73 Å². The van der Waals surface area contributed by atoms with Crippen molar-refractivity contribution in [1.82, 2.24) is 4.90 Å². The van der Waals surface area contributed by atoms with Crippen LogP contribution < -0.4 is 5.73 Å². The van der Waals surface area contributed by atoms with E-state index < -0.39 is 0 Å². The van der Waals surface area contributed by atoms with Crippen LogP contribution in [0.4, 0.5) is 0 Å². The lowest BCUT2D eigenvalue weighted by Gasteiger charge is -2.42. The first-order valence-corrected chi connectivity index (χ1v) is 8.84. The zero-order valence-electron chi connectivity index (χ0n) is 12.2. The summed E-state index contributed by atoms with van der Waals surface area (Å²) in [5.74, 6) is 0. The molecule has 0 bridgehead atoms. The molecule has 19 heavy (non-hydrogen) atoms. The van der Waals surface area contributed by atoms with Gasteiger partial charge in [0.05, 0.1) is 6.04 Å². The topological polar surface area (TPSA) is 29.3 Å². The molecule has 0 saturated carbocycles. The van der Waals surface area contributed by atoms with Gasteiger partial charge in [0, 0.05) is 20.8 Å². The molecule has 2 rings (SSSR count). The van der Waals surface area contributed by atoms with Crippen LogP contribution in [0.2, 0.25) is 0 Å². The highest BCUT2D eigenvalue weighted by atomic mass is 79.9. The van der Waals surface area contributed by atoms with Gasteiger partial charge in [0.15, 0.2) is 0 Å². The van der Waals surface area contributed by atoms with Gasteiger partial charge in [0.25, 0.3) is 0 Å². The molecule has 0 aliphatic carbocycles. The van der Waals surface area contributed by atoms with Crippen LogP contribution in [0.5, 0.6) is 0 Å². The second-order valence-corrected chi connectivity index (χ2v) is 8.24. The summed E-state index contributed by atoms with van der Waals surface area (Å²) >= 11 is 5.39. The van der Waals surface area contributed by atoms with Gasteiger partial charge in [-0.2, -0.15) is 0 Å². The maximum absolute atomic E-state index is 6.41. The van der Waals surface area contributed by atoms with Crippen LogP contribution in [0.25, 0.3) is 0 Å². The van der Waals surface area contributed by atoms with E-state index in [1.807, 2.05) is 11.3 Å². The van der Waals surface area contributed by atoms with Crippen molar-refractivity contribution >= 4 is 27.3 Å². The van der Waals surface area contributed by atoms with Gasteiger partial charge >= 0.3 is 0 Å². The number of thiophene rings is 1. The summed E-state index contributed by atoms with van der Waals surface area (Å²) in [7, 11) is 0. The number of nitrogens with two attached hydrogens (primary N) is 1. The molecule has 1 aliphatic rings. The van der Waals surface area contributed by atoms with Crippen molar-refractivity contribution < 1.29 is 0 Å². The molecule has 0 amide bonds. The lowest BCUT2D eigenvalue weighted by atomic mass is 9.82. The summed E-state index contributed by atoms with van der Waals surface area (Å²) in [5, 5.41) is 2.17. The Morgan fingerprint density at radius 1 is 1.42 bits per heavy atom. The Bertz CT molecular complexity index is 406. The SMILES string of the molecule is CCC(N)C(c1cc(Br)cs1)N1CCC(C)(C)CC1. The van der Waals surface area contributed by atoms with Crippen LogP contribution >= 0.6 is 27.3 Å². The van der Waals surface area contributed by atoms with Gasteiger partial charge in [-0.1, -0.05) is 20.8 Å². The number of halogens is 1. The average molecular weight is 345 g/mol. The van der Waals surface area contributed by atoms with Crippen molar-refractivity contribution in [3.05, 3.63) is 20.8 Å². The van der Waals surface area contributed by atoms with E-state index >= 15 is 0 Å². The third-order valence-electron chi connectivity index (χ3n) is 4.30. The fourth-order valence-electron chi connectivity index (χ4n) is 2.78. The van der Waals surface area contributed by atoms with E-state index in [0.29, 0.717) is 11.5 Å². The lowest BCUT2D eigenvalue weighted by Crippen LogP contribution is -2.45. The molecule has 0 radical (unpaired) electrons. The van der Waals surface area contributed by atoms with Gasteiger partial charge < -0.3 is 5.73 Å². The number of rotatable bonds is 4. The number of hydrogen-bond acceptors (Lipinski definition) is 3. The molecule has 2 nitrogen and oxygen atoms in total. The highest BCUT2D eigenvalue weighted by Crippen LogP contribution is 2.37. The predicted molar refractivity (Wildman–Crippen MR) is 87.6 cm³/mol. The van der Waals surface area contributed by atoms with Crippen LogP contribution in [0.3, 0.4) is 0 Å². The Morgan fingerprint density at radius 2 is 2.05 bits per heavy atom. The number of piperidine rings is 1. The van der Waals surface area contributed by atoms with E-state index in [1.165, 1.54) is 35.3 Å². The Balaban J connectivity index is 2.15. The fourth-order valence-corrected chi connectivity index (χ4v) is 4.43. The van der Waals surface area contributed by atoms with Gasteiger partial charge in [0.2, 0.25) is 0 Å². The summed E-state index contributed by atoms with van der Waals surface area (Å²) in [6.07, 6.45) is 3.57. The largest absolute Gasteiger partial charge is 0.326 e. The smallest absolute Gasteiger partial charge is 0.0593 e. The normalized spacial score (nSPS) is 23.2. The Labute approximate surface area is 129 Å². The highest BCUT2D eigenvalue weighted by molar-refractivity contribution is 9.10. The van der Waals surface area contributed by atoms with E-state index in [0.717, 1.165) is 6.42 Å².